The largest absolute Gasteiger partial charge is 0.507 e. The van der Waals surface area contributed by atoms with Gasteiger partial charge in [0.1, 0.15) is 5.75 Å². The molecule has 106 valence electrons. The van der Waals surface area contributed by atoms with E-state index in [9.17, 15) is 9.90 Å². The fraction of sp³-hybridized carbons (Fsp3) is 0.353. The smallest absolute Gasteiger partial charge is 0.209 e. The zero-order valence-corrected chi connectivity index (χ0v) is 12.7. The van der Waals surface area contributed by atoms with Crippen LogP contribution in [0.4, 0.5) is 0 Å². The quantitative estimate of drug-likeness (QED) is 0.848. The number of phenols is 1. The molecule has 3 heteroatoms. The molecular weight excluding hydrogens is 250 g/mol. The Labute approximate surface area is 119 Å². The van der Waals surface area contributed by atoms with Gasteiger partial charge in [-0.15, -0.1) is 0 Å². The van der Waals surface area contributed by atoms with Gasteiger partial charge in [-0.1, -0.05) is 20.8 Å². The normalized spacial score (nSPS) is 11.7. The average Bonchev–Trinajstić information content (AvgIpc) is 2.76. The predicted molar refractivity (Wildman–Crippen MR) is 80.4 cm³/mol. The number of ketones is 1. The minimum atomic E-state index is -0.209. The highest BCUT2D eigenvalue weighted by Gasteiger charge is 2.22. The first-order valence-electron chi connectivity index (χ1n) is 6.72. The Balaban J connectivity index is 2.57. The molecule has 3 nitrogen and oxygen atoms in total. The summed E-state index contributed by atoms with van der Waals surface area (Å²) >= 11 is 0. The van der Waals surface area contributed by atoms with Crippen molar-refractivity contribution in [1.82, 2.24) is 4.57 Å². The SMILES string of the molecule is Cc1cc(C(=O)c2cccn2C)cc(C(C)(C)C)c1O. The van der Waals surface area contributed by atoms with Crippen molar-refractivity contribution in [3.8, 4) is 5.75 Å². The van der Waals surface area contributed by atoms with Gasteiger partial charge in [0.15, 0.2) is 0 Å². The van der Waals surface area contributed by atoms with Crippen LogP contribution in [-0.2, 0) is 12.5 Å². The van der Waals surface area contributed by atoms with E-state index in [0.29, 0.717) is 11.3 Å². The molecule has 0 aliphatic carbocycles. The first kappa shape index (κ1) is 14.4. The lowest BCUT2D eigenvalue weighted by molar-refractivity contribution is 0.103. The first-order chi connectivity index (χ1) is 9.21. The minimum absolute atomic E-state index is 0.0221. The van der Waals surface area contributed by atoms with Gasteiger partial charge in [0, 0.05) is 24.4 Å². The van der Waals surface area contributed by atoms with Crippen molar-refractivity contribution in [3.63, 3.8) is 0 Å². The van der Waals surface area contributed by atoms with Gasteiger partial charge < -0.3 is 9.67 Å². The molecule has 0 spiro atoms. The summed E-state index contributed by atoms with van der Waals surface area (Å²) in [6.45, 7) is 7.90. The summed E-state index contributed by atoms with van der Waals surface area (Å²) in [6.07, 6.45) is 1.85. The summed E-state index contributed by atoms with van der Waals surface area (Å²) < 4.78 is 1.81. The summed E-state index contributed by atoms with van der Waals surface area (Å²) in [7, 11) is 1.85. The Hall–Kier alpha value is -2.03. The van der Waals surface area contributed by atoms with Gasteiger partial charge in [0.25, 0.3) is 0 Å². The van der Waals surface area contributed by atoms with Gasteiger partial charge in [0.2, 0.25) is 5.78 Å². The Morgan fingerprint density at radius 2 is 1.90 bits per heavy atom. The molecule has 1 aromatic carbocycles. The van der Waals surface area contributed by atoms with Crippen LogP contribution in [0.3, 0.4) is 0 Å². The van der Waals surface area contributed by atoms with Crippen LogP contribution in [0.2, 0.25) is 0 Å². The number of aryl methyl sites for hydroxylation is 2. The molecule has 0 bridgehead atoms. The van der Waals surface area contributed by atoms with Crippen molar-refractivity contribution < 1.29 is 9.90 Å². The molecule has 20 heavy (non-hydrogen) atoms. The Morgan fingerprint density at radius 1 is 1.25 bits per heavy atom. The number of hydrogen-bond acceptors (Lipinski definition) is 2. The zero-order valence-electron chi connectivity index (χ0n) is 12.7. The maximum absolute atomic E-state index is 12.6. The summed E-state index contributed by atoms with van der Waals surface area (Å²) in [5.41, 5.74) is 2.59. The number of aromatic nitrogens is 1. The van der Waals surface area contributed by atoms with Crippen LogP contribution in [0.25, 0.3) is 0 Å². The van der Waals surface area contributed by atoms with Crippen molar-refractivity contribution in [3.05, 3.63) is 52.8 Å². The summed E-state index contributed by atoms with van der Waals surface area (Å²) in [4.78, 5) is 12.6. The van der Waals surface area contributed by atoms with Gasteiger partial charge in [-0.05, 0) is 42.2 Å². The lowest BCUT2D eigenvalue weighted by Crippen LogP contribution is -2.14. The standard InChI is InChI=1S/C17H21NO2/c1-11-9-12(10-13(15(11)19)17(2,3)4)16(20)14-7-6-8-18(14)5/h6-10,19H,1-5H3. The maximum Gasteiger partial charge on any atom is 0.209 e. The van der Waals surface area contributed by atoms with Crippen LogP contribution in [0.5, 0.6) is 5.75 Å². The molecule has 0 fully saturated rings. The number of nitrogens with zero attached hydrogens (tertiary/aromatic N) is 1. The molecule has 0 unspecified atom stereocenters. The molecular formula is C17H21NO2. The average molecular weight is 271 g/mol. The number of carbonyl (C=O) groups is 1. The van der Waals surface area contributed by atoms with E-state index in [-0.39, 0.29) is 16.9 Å². The van der Waals surface area contributed by atoms with E-state index >= 15 is 0 Å². The number of carbonyl (C=O) groups excluding carboxylic acids is 1. The fourth-order valence-electron chi connectivity index (χ4n) is 2.33. The molecule has 0 aliphatic rings. The third-order valence-electron chi connectivity index (χ3n) is 3.55. The Bertz CT molecular complexity index is 660. The number of benzene rings is 1. The second-order valence-corrected chi connectivity index (χ2v) is 6.27. The fourth-order valence-corrected chi connectivity index (χ4v) is 2.33. The van der Waals surface area contributed by atoms with E-state index in [1.54, 1.807) is 22.8 Å². The van der Waals surface area contributed by atoms with E-state index in [2.05, 4.69) is 0 Å². The Morgan fingerprint density at radius 3 is 2.40 bits per heavy atom. The van der Waals surface area contributed by atoms with Crippen LogP contribution in [0.1, 0.15) is 48.0 Å². The maximum atomic E-state index is 12.6. The molecule has 0 aliphatic heterocycles. The molecule has 1 N–H and O–H groups in total. The predicted octanol–water partition coefficient (Wildman–Crippen LogP) is 3.57. The lowest BCUT2D eigenvalue weighted by atomic mass is 9.83. The van der Waals surface area contributed by atoms with Crippen molar-refractivity contribution in [1.29, 1.82) is 0 Å². The second-order valence-electron chi connectivity index (χ2n) is 6.27. The van der Waals surface area contributed by atoms with Crippen LogP contribution in [-0.4, -0.2) is 15.5 Å². The zero-order chi connectivity index (χ0) is 15.1. The molecule has 2 rings (SSSR count). The summed E-state index contributed by atoms with van der Waals surface area (Å²) in [6, 6.07) is 7.21. The molecule has 0 saturated heterocycles. The van der Waals surface area contributed by atoms with Gasteiger partial charge in [0.05, 0.1) is 5.69 Å². The number of rotatable bonds is 2. The van der Waals surface area contributed by atoms with E-state index in [4.69, 9.17) is 0 Å². The van der Waals surface area contributed by atoms with Gasteiger partial charge in [-0.25, -0.2) is 0 Å². The van der Waals surface area contributed by atoms with Crippen molar-refractivity contribution >= 4 is 5.78 Å². The molecule has 0 atom stereocenters. The summed E-state index contributed by atoms with van der Waals surface area (Å²) in [5, 5.41) is 10.2. The monoisotopic (exact) mass is 271 g/mol. The number of aromatic hydroxyl groups is 1. The van der Waals surface area contributed by atoms with Crippen LogP contribution in [0, 0.1) is 6.92 Å². The molecule has 1 heterocycles. The summed E-state index contributed by atoms with van der Waals surface area (Å²) in [5.74, 6) is 0.257. The van der Waals surface area contributed by atoms with Crippen molar-refractivity contribution in [2.75, 3.05) is 0 Å². The second kappa shape index (κ2) is 4.82. The lowest BCUT2D eigenvalue weighted by Gasteiger charge is -2.22. The van der Waals surface area contributed by atoms with Crippen LogP contribution < -0.4 is 0 Å². The van der Waals surface area contributed by atoms with Gasteiger partial charge in [-0.2, -0.15) is 0 Å². The van der Waals surface area contributed by atoms with Gasteiger partial charge >= 0.3 is 0 Å². The van der Waals surface area contributed by atoms with Crippen LogP contribution in [0.15, 0.2) is 30.5 Å². The minimum Gasteiger partial charge on any atom is -0.507 e. The van der Waals surface area contributed by atoms with E-state index in [1.165, 1.54) is 0 Å². The number of phenolic OH excluding ortho intramolecular Hbond substituents is 1. The highest BCUT2D eigenvalue weighted by atomic mass is 16.3. The molecule has 0 radical (unpaired) electrons. The third kappa shape index (κ3) is 2.48. The Kier molecular flexibility index (Phi) is 3.46. The highest BCUT2D eigenvalue weighted by molar-refractivity contribution is 6.08. The van der Waals surface area contributed by atoms with E-state index in [0.717, 1.165) is 11.1 Å². The third-order valence-corrected chi connectivity index (χ3v) is 3.55. The first-order valence-corrected chi connectivity index (χ1v) is 6.72. The van der Waals surface area contributed by atoms with Crippen LogP contribution >= 0.6 is 0 Å². The van der Waals surface area contributed by atoms with Crippen molar-refractivity contribution in [2.24, 2.45) is 7.05 Å². The van der Waals surface area contributed by atoms with E-state index < -0.39 is 0 Å². The van der Waals surface area contributed by atoms with Crippen molar-refractivity contribution in [2.45, 2.75) is 33.1 Å². The molecule has 0 amide bonds. The van der Waals surface area contributed by atoms with Gasteiger partial charge in [-0.3, -0.25) is 4.79 Å². The topological polar surface area (TPSA) is 42.2 Å². The molecule has 2 aromatic rings. The number of hydrogen-bond donors (Lipinski definition) is 1. The highest BCUT2D eigenvalue weighted by Crippen LogP contribution is 2.34. The molecule has 0 saturated carbocycles. The van der Waals surface area contributed by atoms with E-state index in [1.807, 2.05) is 47.0 Å². The molecule has 1 aromatic heterocycles.